The molecule has 0 heterocycles. The van der Waals surface area contributed by atoms with Crippen molar-refractivity contribution in [1.82, 2.24) is 5.32 Å². The molecule has 0 aromatic heterocycles. The van der Waals surface area contributed by atoms with E-state index in [2.05, 4.69) is 16.8 Å². The minimum Gasteiger partial charge on any atom is -0.462 e. The smallest absolute Gasteiger partial charge is 0.462 e. The number of rotatable bonds is 28. The van der Waals surface area contributed by atoms with E-state index in [1.165, 1.54) is 58.3 Å². The first-order valence-electron chi connectivity index (χ1n) is 15.4. The molecule has 0 aliphatic heterocycles. The van der Waals surface area contributed by atoms with Gasteiger partial charge in [0.05, 0.1) is 6.61 Å². The molecule has 236 valence electrons. The molecule has 0 radical (unpaired) electrons. The first-order chi connectivity index (χ1) is 19.1. The normalized spacial score (nSPS) is 12.2. The van der Waals surface area contributed by atoms with E-state index >= 15 is 0 Å². The molecule has 10 nitrogen and oxygen atoms in total. The fourth-order valence-electron chi connectivity index (χ4n) is 4.28. The van der Waals surface area contributed by atoms with Crippen LogP contribution in [0.5, 0.6) is 0 Å². The quantitative estimate of drug-likeness (QED) is 0.0524. The second kappa shape index (κ2) is 26.4. The number of carbonyl (C=O) groups excluding carboxylic acids is 3. The predicted molar refractivity (Wildman–Crippen MR) is 156 cm³/mol. The first-order valence-corrected chi connectivity index (χ1v) is 17.0. The summed E-state index contributed by atoms with van der Waals surface area (Å²) in [5.74, 6) is -0.979. The number of phosphoric acid groups is 1. The van der Waals surface area contributed by atoms with Gasteiger partial charge in [0.25, 0.3) is 0 Å². The van der Waals surface area contributed by atoms with E-state index < -0.39 is 32.5 Å². The Balaban J connectivity index is 4.03. The van der Waals surface area contributed by atoms with Crippen LogP contribution in [0.1, 0.15) is 142 Å². The molecular weight excluding hydrogens is 537 g/mol. The highest BCUT2D eigenvalue weighted by Crippen LogP contribution is 2.35. The molecular formula is C29H56NO9P. The van der Waals surface area contributed by atoms with Gasteiger partial charge in [-0.25, -0.2) is 4.57 Å². The van der Waals surface area contributed by atoms with Gasteiger partial charge in [0, 0.05) is 26.3 Å². The molecule has 0 saturated heterocycles. The molecule has 0 spiro atoms. The predicted octanol–water partition coefficient (Wildman–Crippen LogP) is 6.51. The summed E-state index contributed by atoms with van der Waals surface area (Å²) in [7, 11) is -4.75. The molecule has 11 heteroatoms. The number of hydrogen-bond donors (Lipinski definition) is 3. The molecule has 0 rings (SSSR count). The highest BCUT2D eigenvalue weighted by atomic mass is 31.2. The van der Waals surface area contributed by atoms with Crippen LogP contribution in [0.4, 0.5) is 0 Å². The molecule has 1 amide bonds. The van der Waals surface area contributed by atoms with Crippen molar-refractivity contribution in [1.29, 1.82) is 0 Å². The van der Waals surface area contributed by atoms with Gasteiger partial charge in [0.2, 0.25) is 5.91 Å². The van der Waals surface area contributed by atoms with Gasteiger partial charge >= 0.3 is 19.8 Å². The number of ether oxygens (including phenoxy) is 2. The largest absolute Gasteiger partial charge is 0.469 e. The molecule has 0 bridgehead atoms. The van der Waals surface area contributed by atoms with Crippen molar-refractivity contribution in [3.63, 3.8) is 0 Å². The van der Waals surface area contributed by atoms with Crippen LogP contribution < -0.4 is 5.32 Å². The van der Waals surface area contributed by atoms with Crippen LogP contribution in [-0.2, 0) is 32.9 Å². The van der Waals surface area contributed by atoms with Gasteiger partial charge in [-0.15, -0.1) is 0 Å². The van der Waals surface area contributed by atoms with Gasteiger partial charge in [0.1, 0.15) is 6.61 Å². The lowest BCUT2D eigenvalue weighted by atomic mass is 10.0. The second-order valence-electron chi connectivity index (χ2n) is 10.6. The summed E-state index contributed by atoms with van der Waals surface area (Å²) in [6, 6.07) is 0. The molecule has 0 saturated carbocycles. The first kappa shape index (κ1) is 38.5. The van der Waals surface area contributed by atoms with Gasteiger partial charge in [0.15, 0.2) is 6.10 Å². The van der Waals surface area contributed by atoms with Crippen molar-refractivity contribution >= 4 is 25.7 Å². The van der Waals surface area contributed by atoms with Crippen molar-refractivity contribution in [2.75, 3.05) is 19.8 Å². The lowest BCUT2D eigenvalue weighted by Crippen LogP contribution is -2.29. The van der Waals surface area contributed by atoms with Crippen LogP contribution in [-0.4, -0.2) is 53.5 Å². The van der Waals surface area contributed by atoms with E-state index in [9.17, 15) is 18.9 Å². The number of unbranched alkanes of at least 4 members (excludes halogenated alkanes) is 16. The maximum atomic E-state index is 12.2. The molecule has 40 heavy (non-hydrogen) atoms. The minimum atomic E-state index is -4.75. The Morgan fingerprint density at radius 1 is 0.675 bits per heavy atom. The summed E-state index contributed by atoms with van der Waals surface area (Å²) in [5, 5.41) is 2.76. The van der Waals surface area contributed by atoms with Crippen LogP contribution >= 0.6 is 7.82 Å². The molecule has 0 unspecified atom stereocenters. The summed E-state index contributed by atoms with van der Waals surface area (Å²) in [6.07, 6.45) is 18.9. The Hall–Kier alpha value is -1.48. The van der Waals surface area contributed by atoms with Gasteiger partial charge in [-0.1, -0.05) is 103 Å². The third-order valence-corrected chi connectivity index (χ3v) is 7.06. The Labute approximate surface area is 241 Å². The van der Waals surface area contributed by atoms with Crippen molar-refractivity contribution < 1.29 is 42.7 Å². The Kier molecular flexibility index (Phi) is 25.4. The number of hydrogen-bond acceptors (Lipinski definition) is 7. The number of esters is 2. The Morgan fingerprint density at radius 2 is 1.12 bits per heavy atom. The topological polar surface area (TPSA) is 148 Å². The fraction of sp³-hybridized carbons (Fsp3) is 0.897. The lowest BCUT2D eigenvalue weighted by Gasteiger charge is -2.18. The summed E-state index contributed by atoms with van der Waals surface area (Å²) in [5.41, 5.74) is 0. The zero-order chi connectivity index (χ0) is 29.9. The average molecular weight is 594 g/mol. The fourth-order valence-corrected chi connectivity index (χ4v) is 4.64. The molecule has 3 N–H and O–H groups in total. The number of amides is 1. The summed E-state index contributed by atoms with van der Waals surface area (Å²) in [4.78, 5) is 53.1. The maximum absolute atomic E-state index is 12.2. The van der Waals surface area contributed by atoms with Crippen LogP contribution in [0.2, 0.25) is 0 Å². The minimum absolute atomic E-state index is 0.0246. The highest BCUT2D eigenvalue weighted by molar-refractivity contribution is 7.46. The van der Waals surface area contributed by atoms with Crippen molar-refractivity contribution in [3.8, 4) is 0 Å². The van der Waals surface area contributed by atoms with Gasteiger partial charge in [-0.3, -0.25) is 18.9 Å². The molecule has 0 aromatic carbocycles. The molecule has 0 aliphatic rings. The molecule has 0 aromatic rings. The summed E-state index contributed by atoms with van der Waals surface area (Å²) < 4.78 is 26.0. The zero-order valence-electron chi connectivity index (χ0n) is 25.0. The van der Waals surface area contributed by atoms with Crippen LogP contribution in [0.25, 0.3) is 0 Å². The summed E-state index contributed by atoms with van der Waals surface area (Å²) in [6.45, 7) is 3.53. The Morgan fingerprint density at radius 3 is 1.60 bits per heavy atom. The third-order valence-electron chi connectivity index (χ3n) is 6.57. The van der Waals surface area contributed by atoms with Crippen molar-refractivity contribution in [2.24, 2.45) is 0 Å². The van der Waals surface area contributed by atoms with Crippen LogP contribution in [0.3, 0.4) is 0 Å². The second-order valence-corrected chi connectivity index (χ2v) is 11.8. The molecule has 0 fully saturated rings. The van der Waals surface area contributed by atoms with Gasteiger partial charge in [-0.2, -0.15) is 0 Å². The van der Waals surface area contributed by atoms with Crippen molar-refractivity contribution in [3.05, 3.63) is 0 Å². The lowest BCUT2D eigenvalue weighted by molar-refractivity contribution is -0.161. The number of carbonyl (C=O) groups is 3. The number of phosphoric ester groups is 1. The van der Waals surface area contributed by atoms with Crippen LogP contribution in [0.15, 0.2) is 0 Å². The van der Waals surface area contributed by atoms with Gasteiger partial charge < -0.3 is 24.6 Å². The summed E-state index contributed by atoms with van der Waals surface area (Å²) >= 11 is 0. The SMILES string of the molecule is CCCCCCCCCCCCCCC(=O)O[C@@H](COC(=O)CCCCCCCCNC(C)=O)COP(=O)(O)O. The van der Waals surface area contributed by atoms with E-state index in [4.69, 9.17) is 19.3 Å². The van der Waals surface area contributed by atoms with E-state index in [0.717, 1.165) is 51.4 Å². The average Bonchev–Trinajstić information content (AvgIpc) is 2.89. The monoisotopic (exact) mass is 593 g/mol. The maximum Gasteiger partial charge on any atom is 0.469 e. The highest BCUT2D eigenvalue weighted by Gasteiger charge is 2.22. The van der Waals surface area contributed by atoms with Gasteiger partial charge in [-0.05, 0) is 19.3 Å². The standard InChI is InChI=1S/C29H56NO9P/c1-3-4-5-6-7-8-9-10-11-12-16-19-22-29(33)39-27(25-38-40(34,35)36)24-37-28(32)21-18-15-13-14-17-20-23-30-26(2)31/h27H,3-25H2,1-2H3,(H,30,31)(H2,34,35,36)/t27-/m0/s1. The molecule has 1 atom stereocenters. The van der Waals surface area contributed by atoms with Crippen LogP contribution in [0, 0.1) is 0 Å². The van der Waals surface area contributed by atoms with E-state index in [-0.39, 0.29) is 25.4 Å². The number of nitrogens with one attached hydrogen (secondary N) is 1. The van der Waals surface area contributed by atoms with E-state index in [1.807, 2.05) is 0 Å². The van der Waals surface area contributed by atoms with E-state index in [1.54, 1.807) is 0 Å². The van der Waals surface area contributed by atoms with Crippen molar-refractivity contribution in [2.45, 2.75) is 148 Å². The zero-order valence-corrected chi connectivity index (χ0v) is 25.9. The Bertz CT molecular complexity index is 699. The molecule has 0 aliphatic carbocycles. The third kappa shape index (κ3) is 29.5. The van der Waals surface area contributed by atoms with E-state index in [0.29, 0.717) is 19.4 Å².